The van der Waals surface area contributed by atoms with Crippen molar-refractivity contribution in [2.24, 2.45) is 9.98 Å². The molecule has 4 aromatic rings. The van der Waals surface area contributed by atoms with Gasteiger partial charge < -0.3 is 15.4 Å². The third-order valence-electron chi connectivity index (χ3n) is 6.42. The van der Waals surface area contributed by atoms with Crippen molar-refractivity contribution in [3.8, 4) is 22.6 Å². The van der Waals surface area contributed by atoms with Gasteiger partial charge in [0.25, 0.3) is 0 Å². The van der Waals surface area contributed by atoms with Crippen LogP contribution in [-0.2, 0) is 4.74 Å². The molecule has 11 nitrogen and oxygen atoms in total. The Kier molecular flexibility index (Phi) is 6.53. The molecule has 38 heavy (non-hydrogen) atoms. The second-order valence-corrected chi connectivity index (χ2v) is 11.7. The zero-order valence-corrected chi connectivity index (χ0v) is 22.2. The average molecular weight is 551 g/mol. The molecule has 0 spiro atoms. The number of fused-ring (bicyclic) bond motifs is 1. The summed E-state index contributed by atoms with van der Waals surface area (Å²) in [5.74, 6) is 0.580. The molecule has 3 aromatic heterocycles. The Hall–Kier alpha value is -3.49. The number of aryl methyl sites for hydroxylation is 1. The summed E-state index contributed by atoms with van der Waals surface area (Å²) in [5, 5.41) is 2.19. The average Bonchev–Trinajstić information content (AvgIpc) is 3.34. The maximum absolute atomic E-state index is 11.7. The molecule has 2 aliphatic rings. The number of nitrogens with zero attached hydrogens (tertiary/aromatic N) is 7. The largest absolute Gasteiger partial charge is 0.378 e. The minimum atomic E-state index is -3.50. The normalized spacial score (nSPS) is 16.6. The second kappa shape index (κ2) is 10.0. The molecule has 1 aromatic carbocycles. The number of hydrogen-bond acceptors (Lipinski definition) is 12. The van der Waals surface area contributed by atoms with Gasteiger partial charge in [-0.2, -0.15) is 0 Å². The van der Waals surface area contributed by atoms with Crippen LogP contribution in [-0.4, -0.2) is 79.7 Å². The lowest BCUT2D eigenvalue weighted by atomic mass is 10.1. The zero-order valence-electron chi connectivity index (χ0n) is 20.6. The number of rotatable bonds is 4. The first-order valence-electron chi connectivity index (χ1n) is 12.1. The number of aromatic nitrogens is 4. The van der Waals surface area contributed by atoms with E-state index in [-0.39, 0.29) is 11.0 Å². The molecule has 6 rings (SSSR count). The molecule has 5 heterocycles. The first kappa shape index (κ1) is 24.8. The molecule has 4 N–H and O–H groups in total. The minimum absolute atomic E-state index is 0.159. The number of hydrogen-bond donors (Lipinski definition) is 3. The van der Waals surface area contributed by atoms with Crippen molar-refractivity contribution in [2.75, 3.05) is 50.0 Å². The molecule has 196 valence electrons. The maximum Gasteiger partial charge on any atom is 0.219 e. The lowest BCUT2D eigenvalue weighted by molar-refractivity contribution is 0.122. The Balaban J connectivity index is 1.58. The smallest absolute Gasteiger partial charge is 0.219 e. The SMILES string of the molecule is Cc1csc2c(-c3ccc(N4CCOCC4)cc3S(O)(O)C3=NCCN=C3)nc(-c3cnc(N)nc3)nc12. The van der Waals surface area contributed by atoms with Crippen molar-refractivity contribution in [1.29, 1.82) is 0 Å². The van der Waals surface area contributed by atoms with E-state index in [4.69, 9.17) is 20.4 Å². The number of nitrogen functional groups attached to an aromatic ring is 1. The van der Waals surface area contributed by atoms with Crippen LogP contribution in [0.3, 0.4) is 0 Å². The van der Waals surface area contributed by atoms with Gasteiger partial charge in [-0.25, -0.2) is 19.9 Å². The van der Waals surface area contributed by atoms with E-state index in [0.29, 0.717) is 66.9 Å². The molecule has 0 bridgehead atoms. The van der Waals surface area contributed by atoms with Gasteiger partial charge in [-0.3, -0.25) is 19.1 Å². The Labute approximate surface area is 224 Å². The van der Waals surface area contributed by atoms with Crippen LogP contribution in [0, 0.1) is 6.92 Å². The summed E-state index contributed by atoms with van der Waals surface area (Å²) in [7, 11) is -3.50. The van der Waals surface area contributed by atoms with Gasteiger partial charge in [-0.1, -0.05) is 0 Å². The van der Waals surface area contributed by atoms with Crippen LogP contribution in [0.15, 0.2) is 50.9 Å². The van der Waals surface area contributed by atoms with Crippen LogP contribution in [0.5, 0.6) is 0 Å². The summed E-state index contributed by atoms with van der Waals surface area (Å²) >= 11 is 1.52. The number of thiophene rings is 1. The third kappa shape index (κ3) is 4.52. The van der Waals surface area contributed by atoms with Gasteiger partial charge in [-0.05, 0) is 36.1 Å². The first-order chi connectivity index (χ1) is 18.4. The van der Waals surface area contributed by atoms with Gasteiger partial charge in [0.15, 0.2) is 10.9 Å². The van der Waals surface area contributed by atoms with Gasteiger partial charge >= 0.3 is 0 Å². The lowest BCUT2D eigenvalue weighted by Crippen LogP contribution is -2.36. The predicted molar refractivity (Wildman–Crippen MR) is 153 cm³/mol. The Morgan fingerprint density at radius 3 is 2.61 bits per heavy atom. The highest BCUT2D eigenvalue weighted by Crippen LogP contribution is 2.55. The van der Waals surface area contributed by atoms with Gasteiger partial charge in [0.1, 0.15) is 0 Å². The predicted octanol–water partition coefficient (Wildman–Crippen LogP) is 4.13. The van der Waals surface area contributed by atoms with E-state index in [9.17, 15) is 9.11 Å². The Bertz CT molecular complexity index is 1560. The van der Waals surface area contributed by atoms with Gasteiger partial charge in [-0.15, -0.1) is 21.9 Å². The highest BCUT2D eigenvalue weighted by atomic mass is 32.3. The quantitative estimate of drug-likeness (QED) is 0.340. The van der Waals surface area contributed by atoms with Crippen molar-refractivity contribution < 1.29 is 13.8 Å². The lowest BCUT2D eigenvalue weighted by Gasteiger charge is -2.36. The topological polar surface area (TPSA) is 155 Å². The van der Waals surface area contributed by atoms with Crippen LogP contribution in [0.2, 0.25) is 0 Å². The molecule has 1 saturated heterocycles. The molecular formula is C25H26N8O3S2. The summed E-state index contributed by atoms with van der Waals surface area (Å²) in [6.07, 6.45) is 4.63. The maximum atomic E-state index is 11.7. The number of aliphatic imine (C=N–C) groups is 2. The molecule has 0 aliphatic carbocycles. The summed E-state index contributed by atoms with van der Waals surface area (Å²) in [4.78, 5) is 29.1. The molecule has 2 aliphatic heterocycles. The molecule has 1 fully saturated rings. The van der Waals surface area contributed by atoms with Crippen LogP contribution >= 0.6 is 21.9 Å². The monoisotopic (exact) mass is 550 g/mol. The Morgan fingerprint density at radius 1 is 1.08 bits per heavy atom. The van der Waals surface area contributed by atoms with E-state index in [1.54, 1.807) is 12.4 Å². The molecular weight excluding hydrogens is 524 g/mol. The van der Waals surface area contributed by atoms with E-state index in [1.165, 1.54) is 17.6 Å². The van der Waals surface area contributed by atoms with Crippen molar-refractivity contribution in [1.82, 2.24) is 19.9 Å². The van der Waals surface area contributed by atoms with Gasteiger partial charge in [0.2, 0.25) is 5.95 Å². The number of nitrogens with two attached hydrogens (primary N) is 1. The fourth-order valence-electron chi connectivity index (χ4n) is 4.44. The summed E-state index contributed by atoms with van der Waals surface area (Å²) < 4.78 is 29.7. The fourth-order valence-corrected chi connectivity index (χ4v) is 6.90. The number of benzene rings is 1. The van der Waals surface area contributed by atoms with Crippen molar-refractivity contribution >= 4 is 55.0 Å². The van der Waals surface area contributed by atoms with Crippen LogP contribution in [0.1, 0.15) is 5.56 Å². The molecule has 0 atom stereocenters. The first-order valence-corrected chi connectivity index (χ1v) is 14.5. The Morgan fingerprint density at radius 2 is 1.87 bits per heavy atom. The number of morpholine rings is 1. The third-order valence-corrected chi connectivity index (χ3v) is 9.28. The van der Waals surface area contributed by atoms with Crippen molar-refractivity contribution in [2.45, 2.75) is 11.8 Å². The molecule has 0 unspecified atom stereocenters. The van der Waals surface area contributed by atoms with Crippen LogP contribution in [0.25, 0.3) is 32.9 Å². The second-order valence-electron chi connectivity index (χ2n) is 8.91. The van der Waals surface area contributed by atoms with E-state index in [2.05, 4.69) is 24.9 Å². The standard InChI is InChI=1S/C25H26N8O3S2/c1-15-14-37-23-21(15)31-24(16-11-29-25(26)30-12-16)32-22(23)18-3-2-17(33-6-8-36-9-7-33)10-19(18)38(34,35)20-13-27-4-5-28-20/h2-3,10-14,34-35H,4-9H2,1H3,(H2,26,29,30). The van der Waals surface area contributed by atoms with Crippen LogP contribution < -0.4 is 10.6 Å². The van der Waals surface area contributed by atoms with Crippen molar-refractivity contribution in [3.05, 3.63) is 41.5 Å². The number of anilines is 2. The highest BCUT2D eigenvalue weighted by Gasteiger charge is 2.30. The molecule has 0 amide bonds. The van der Waals surface area contributed by atoms with Gasteiger partial charge in [0.05, 0.1) is 58.9 Å². The van der Waals surface area contributed by atoms with E-state index < -0.39 is 10.6 Å². The van der Waals surface area contributed by atoms with E-state index in [1.807, 2.05) is 30.5 Å². The molecule has 0 radical (unpaired) electrons. The highest BCUT2D eigenvalue weighted by molar-refractivity contribution is 8.38. The van der Waals surface area contributed by atoms with Crippen LogP contribution in [0.4, 0.5) is 11.6 Å². The summed E-state index contributed by atoms with van der Waals surface area (Å²) in [5.41, 5.74) is 10.1. The number of ether oxygens (including phenoxy) is 1. The van der Waals surface area contributed by atoms with Crippen molar-refractivity contribution in [3.63, 3.8) is 0 Å². The van der Waals surface area contributed by atoms with E-state index in [0.717, 1.165) is 21.5 Å². The summed E-state index contributed by atoms with van der Waals surface area (Å²) in [6.45, 7) is 5.56. The fraction of sp³-hybridized carbons (Fsp3) is 0.280. The van der Waals surface area contributed by atoms with E-state index >= 15 is 0 Å². The molecule has 0 saturated carbocycles. The minimum Gasteiger partial charge on any atom is -0.378 e. The van der Waals surface area contributed by atoms with Gasteiger partial charge in [0, 0.05) is 36.7 Å². The molecule has 13 heteroatoms. The summed E-state index contributed by atoms with van der Waals surface area (Å²) in [6, 6.07) is 5.72. The zero-order chi connectivity index (χ0) is 26.3.